The SMILES string of the molecule is C=CCN(C1CC1)S(=O)(=O)c1cc(N)c(F)cc1F. The van der Waals surface area contributed by atoms with Gasteiger partial charge >= 0.3 is 0 Å². The highest BCUT2D eigenvalue weighted by Gasteiger charge is 2.38. The van der Waals surface area contributed by atoms with E-state index in [1.807, 2.05) is 0 Å². The summed E-state index contributed by atoms with van der Waals surface area (Å²) in [6.45, 7) is 3.57. The van der Waals surface area contributed by atoms with Crippen molar-refractivity contribution in [2.45, 2.75) is 23.8 Å². The van der Waals surface area contributed by atoms with Gasteiger partial charge in [0.25, 0.3) is 0 Å². The van der Waals surface area contributed by atoms with Crippen LogP contribution in [-0.4, -0.2) is 25.3 Å². The molecule has 7 heteroatoms. The largest absolute Gasteiger partial charge is 0.396 e. The maximum absolute atomic E-state index is 13.7. The molecule has 0 radical (unpaired) electrons. The van der Waals surface area contributed by atoms with Crippen LogP contribution in [0.15, 0.2) is 29.7 Å². The fraction of sp³-hybridized carbons (Fsp3) is 0.333. The molecular weight excluding hydrogens is 274 g/mol. The van der Waals surface area contributed by atoms with Gasteiger partial charge in [-0.15, -0.1) is 6.58 Å². The maximum Gasteiger partial charge on any atom is 0.246 e. The van der Waals surface area contributed by atoms with Gasteiger partial charge in [0.1, 0.15) is 16.5 Å². The van der Waals surface area contributed by atoms with Gasteiger partial charge < -0.3 is 5.73 Å². The molecule has 1 aliphatic rings. The number of hydrogen-bond acceptors (Lipinski definition) is 3. The standard InChI is InChI=1S/C12H14F2N2O2S/c1-2-5-16(8-3-4-8)19(17,18)12-7-11(15)9(13)6-10(12)14/h2,6-8H,1,3-5,15H2. The van der Waals surface area contributed by atoms with Crippen LogP contribution in [-0.2, 0) is 10.0 Å². The van der Waals surface area contributed by atoms with Crippen LogP contribution in [0.1, 0.15) is 12.8 Å². The number of nitrogen functional groups attached to an aromatic ring is 1. The van der Waals surface area contributed by atoms with E-state index in [0.29, 0.717) is 6.07 Å². The lowest BCUT2D eigenvalue weighted by Gasteiger charge is -2.20. The summed E-state index contributed by atoms with van der Waals surface area (Å²) >= 11 is 0. The highest BCUT2D eigenvalue weighted by atomic mass is 32.2. The van der Waals surface area contributed by atoms with E-state index in [1.54, 1.807) is 0 Å². The smallest absolute Gasteiger partial charge is 0.246 e. The lowest BCUT2D eigenvalue weighted by atomic mass is 10.3. The number of halogens is 2. The third kappa shape index (κ3) is 2.62. The molecule has 1 aromatic carbocycles. The minimum absolute atomic E-state index is 0.0870. The summed E-state index contributed by atoms with van der Waals surface area (Å²) in [4.78, 5) is -0.597. The Morgan fingerprint density at radius 1 is 1.37 bits per heavy atom. The van der Waals surface area contributed by atoms with Gasteiger partial charge in [0.05, 0.1) is 5.69 Å². The van der Waals surface area contributed by atoms with Gasteiger partial charge in [0.15, 0.2) is 0 Å². The average molecular weight is 288 g/mol. The molecule has 0 aromatic heterocycles. The van der Waals surface area contributed by atoms with Crippen molar-refractivity contribution in [1.29, 1.82) is 0 Å². The molecule has 0 amide bonds. The first-order chi connectivity index (χ1) is 8.87. The molecule has 1 fully saturated rings. The Balaban J connectivity index is 2.48. The Morgan fingerprint density at radius 3 is 2.53 bits per heavy atom. The second kappa shape index (κ2) is 4.90. The Hall–Kier alpha value is -1.47. The van der Waals surface area contributed by atoms with Gasteiger partial charge in [-0.1, -0.05) is 6.08 Å². The van der Waals surface area contributed by atoms with E-state index in [1.165, 1.54) is 6.08 Å². The highest BCUT2D eigenvalue weighted by molar-refractivity contribution is 7.89. The zero-order valence-electron chi connectivity index (χ0n) is 10.1. The van der Waals surface area contributed by atoms with E-state index >= 15 is 0 Å². The van der Waals surface area contributed by atoms with Gasteiger partial charge in [-0.05, 0) is 18.9 Å². The van der Waals surface area contributed by atoms with Crippen LogP contribution in [0.25, 0.3) is 0 Å². The van der Waals surface area contributed by atoms with E-state index < -0.39 is 32.2 Å². The van der Waals surface area contributed by atoms with Crippen molar-refractivity contribution in [2.24, 2.45) is 0 Å². The lowest BCUT2D eigenvalue weighted by molar-refractivity contribution is 0.430. The summed E-state index contributed by atoms with van der Waals surface area (Å²) in [6.07, 6.45) is 2.89. The molecule has 1 aliphatic carbocycles. The number of nitrogens with two attached hydrogens (primary N) is 1. The molecular formula is C12H14F2N2O2S. The van der Waals surface area contributed by atoms with Crippen LogP contribution in [0.2, 0.25) is 0 Å². The summed E-state index contributed by atoms with van der Waals surface area (Å²) in [5, 5.41) is 0. The number of nitrogens with zero attached hydrogens (tertiary/aromatic N) is 1. The number of benzene rings is 1. The molecule has 0 spiro atoms. The van der Waals surface area contributed by atoms with Crippen molar-refractivity contribution in [3.63, 3.8) is 0 Å². The zero-order chi connectivity index (χ0) is 14.2. The molecule has 2 N–H and O–H groups in total. The third-order valence-corrected chi connectivity index (χ3v) is 4.83. The highest BCUT2D eigenvalue weighted by Crippen LogP contribution is 2.33. The zero-order valence-corrected chi connectivity index (χ0v) is 11.0. The molecule has 4 nitrogen and oxygen atoms in total. The molecule has 1 aromatic rings. The van der Waals surface area contributed by atoms with Crippen LogP contribution in [0.4, 0.5) is 14.5 Å². The van der Waals surface area contributed by atoms with Gasteiger partial charge in [0.2, 0.25) is 10.0 Å². The monoisotopic (exact) mass is 288 g/mol. The molecule has 0 unspecified atom stereocenters. The van der Waals surface area contributed by atoms with E-state index in [0.717, 1.165) is 23.2 Å². The molecule has 0 heterocycles. The number of rotatable bonds is 5. The van der Waals surface area contributed by atoms with Crippen molar-refractivity contribution in [3.8, 4) is 0 Å². The second-order valence-electron chi connectivity index (χ2n) is 4.40. The predicted octanol–water partition coefficient (Wildman–Crippen LogP) is 1.89. The van der Waals surface area contributed by atoms with Gasteiger partial charge in [-0.25, -0.2) is 17.2 Å². The van der Waals surface area contributed by atoms with Crippen molar-refractivity contribution >= 4 is 15.7 Å². The summed E-state index contributed by atoms with van der Waals surface area (Å²) in [6, 6.07) is 1.16. The van der Waals surface area contributed by atoms with E-state index in [4.69, 9.17) is 5.73 Å². The van der Waals surface area contributed by atoms with Crippen LogP contribution in [0.5, 0.6) is 0 Å². The van der Waals surface area contributed by atoms with Gasteiger partial charge in [-0.3, -0.25) is 0 Å². The van der Waals surface area contributed by atoms with Gasteiger partial charge in [0, 0.05) is 18.7 Å². The van der Waals surface area contributed by atoms with Crippen LogP contribution < -0.4 is 5.73 Å². The van der Waals surface area contributed by atoms with Crippen LogP contribution >= 0.6 is 0 Å². The molecule has 0 atom stereocenters. The number of sulfonamides is 1. The van der Waals surface area contributed by atoms with E-state index in [-0.39, 0.29) is 12.6 Å². The van der Waals surface area contributed by atoms with Crippen LogP contribution in [0, 0.1) is 11.6 Å². The molecule has 19 heavy (non-hydrogen) atoms. The molecule has 1 saturated carbocycles. The Bertz CT molecular complexity index is 612. The Morgan fingerprint density at radius 2 is 2.00 bits per heavy atom. The molecule has 0 aliphatic heterocycles. The summed E-state index contributed by atoms with van der Waals surface area (Å²) in [7, 11) is -4.03. The minimum atomic E-state index is -4.03. The Labute approximate surface area is 110 Å². The minimum Gasteiger partial charge on any atom is -0.396 e. The molecule has 104 valence electrons. The predicted molar refractivity (Wildman–Crippen MR) is 67.9 cm³/mol. The van der Waals surface area contributed by atoms with Crippen molar-refractivity contribution < 1.29 is 17.2 Å². The second-order valence-corrected chi connectivity index (χ2v) is 6.26. The molecule has 2 rings (SSSR count). The van der Waals surface area contributed by atoms with Crippen molar-refractivity contribution in [3.05, 3.63) is 36.4 Å². The first-order valence-electron chi connectivity index (χ1n) is 5.75. The third-order valence-electron chi connectivity index (χ3n) is 2.90. The average Bonchev–Trinajstić information content (AvgIpc) is 3.14. The first kappa shape index (κ1) is 14.0. The molecule has 0 saturated heterocycles. The summed E-state index contributed by atoms with van der Waals surface area (Å²) < 4.78 is 52.6. The van der Waals surface area contributed by atoms with Gasteiger partial charge in [-0.2, -0.15) is 4.31 Å². The van der Waals surface area contributed by atoms with E-state index in [9.17, 15) is 17.2 Å². The number of hydrogen-bond donors (Lipinski definition) is 1. The number of anilines is 1. The maximum atomic E-state index is 13.7. The fourth-order valence-electron chi connectivity index (χ4n) is 1.80. The van der Waals surface area contributed by atoms with E-state index in [2.05, 4.69) is 6.58 Å². The van der Waals surface area contributed by atoms with Crippen molar-refractivity contribution in [2.75, 3.05) is 12.3 Å². The first-order valence-corrected chi connectivity index (χ1v) is 7.19. The molecule has 0 bridgehead atoms. The quantitative estimate of drug-likeness (QED) is 0.664. The Kier molecular flexibility index (Phi) is 3.60. The topological polar surface area (TPSA) is 63.4 Å². The van der Waals surface area contributed by atoms with Crippen LogP contribution in [0.3, 0.4) is 0 Å². The summed E-state index contributed by atoms with van der Waals surface area (Å²) in [5.74, 6) is -2.11. The lowest BCUT2D eigenvalue weighted by Crippen LogP contribution is -2.34. The normalized spacial score (nSPS) is 15.7. The van der Waals surface area contributed by atoms with Crippen molar-refractivity contribution in [1.82, 2.24) is 4.31 Å². The fourth-order valence-corrected chi connectivity index (χ4v) is 3.54. The summed E-state index contributed by atoms with van der Waals surface area (Å²) in [5.41, 5.74) is 4.91.